The molecule has 2 amide bonds. The van der Waals surface area contributed by atoms with Gasteiger partial charge in [0, 0.05) is 38.7 Å². The van der Waals surface area contributed by atoms with Crippen LogP contribution >= 0.6 is 0 Å². The van der Waals surface area contributed by atoms with Gasteiger partial charge in [0.25, 0.3) is 0 Å². The van der Waals surface area contributed by atoms with E-state index in [0.29, 0.717) is 39.0 Å². The summed E-state index contributed by atoms with van der Waals surface area (Å²) >= 11 is 0. The summed E-state index contributed by atoms with van der Waals surface area (Å²) in [6, 6.07) is -0.110. The van der Waals surface area contributed by atoms with Gasteiger partial charge in [-0.2, -0.15) is 0 Å². The molecule has 1 aromatic rings. The van der Waals surface area contributed by atoms with Crippen molar-refractivity contribution in [3.63, 3.8) is 0 Å². The molecule has 32 heavy (non-hydrogen) atoms. The van der Waals surface area contributed by atoms with E-state index >= 15 is 0 Å². The second-order valence-electron chi connectivity index (χ2n) is 9.44. The molecular formula is C23H36N4O5. The van der Waals surface area contributed by atoms with Crippen LogP contribution in [0.15, 0.2) is 12.5 Å². The van der Waals surface area contributed by atoms with Gasteiger partial charge in [-0.05, 0) is 25.7 Å². The summed E-state index contributed by atoms with van der Waals surface area (Å²) in [6.07, 6.45) is 9.06. The van der Waals surface area contributed by atoms with E-state index in [4.69, 9.17) is 9.47 Å². The third-order valence-electron chi connectivity index (χ3n) is 6.84. The number of carbonyl (C=O) groups is 2. The maximum Gasteiger partial charge on any atom is 0.226 e. The molecule has 0 aromatic carbocycles. The molecular weight excluding hydrogens is 412 g/mol. The number of nitrogens with one attached hydrogen (secondary N) is 1. The number of nitrogens with zero attached hydrogens (tertiary/aromatic N) is 3. The van der Waals surface area contributed by atoms with Crippen LogP contribution in [0.25, 0.3) is 0 Å². The average molecular weight is 449 g/mol. The molecule has 0 bridgehead atoms. The summed E-state index contributed by atoms with van der Waals surface area (Å²) in [5.74, 6) is 0.170. The van der Waals surface area contributed by atoms with Gasteiger partial charge in [0.1, 0.15) is 6.10 Å². The van der Waals surface area contributed by atoms with Crippen molar-refractivity contribution in [2.45, 2.75) is 75.7 Å². The van der Waals surface area contributed by atoms with Crippen LogP contribution in [0.3, 0.4) is 0 Å². The van der Waals surface area contributed by atoms with Gasteiger partial charge in [-0.1, -0.05) is 12.8 Å². The highest BCUT2D eigenvalue weighted by Crippen LogP contribution is 2.32. The van der Waals surface area contributed by atoms with Crippen molar-refractivity contribution in [1.82, 2.24) is 19.8 Å². The van der Waals surface area contributed by atoms with Crippen molar-refractivity contribution >= 4 is 11.8 Å². The van der Waals surface area contributed by atoms with Crippen LogP contribution < -0.4 is 5.32 Å². The van der Waals surface area contributed by atoms with Crippen molar-refractivity contribution < 1.29 is 24.2 Å². The summed E-state index contributed by atoms with van der Waals surface area (Å²) in [5.41, 5.74) is 0.949. The maximum atomic E-state index is 13.2. The van der Waals surface area contributed by atoms with Gasteiger partial charge in [-0.3, -0.25) is 9.59 Å². The van der Waals surface area contributed by atoms with E-state index in [1.165, 1.54) is 0 Å². The number of carbonyl (C=O) groups excluding carboxylic acids is 2. The fourth-order valence-corrected chi connectivity index (χ4v) is 5.21. The molecule has 4 atom stereocenters. The molecule has 0 spiro atoms. The first kappa shape index (κ1) is 23.2. The number of hydrogen-bond acceptors (Lipinski definition) is 6. The van der Waals surface area contributed by atoms with E-state index in [9.17, 15) is 14.7 Å². The van der Waals surface area contributed by atoms with Crippen LogP contribution in [0, 0.1) is 5.92 Å². The lowest BCUT2D eigenvalue weighted by atomic mass is 9.93. The molecule has 178 valence electrons. The van der Waals surface area contributed by atoms with Gasteiger partial charge in [0.2, 0.25) is 11.8 Å². The first-order valence-electron chi connectivity index (χ1n) is 11.9. The number of β-amino-alcohol motifs (C(OH)–C–C–N with tert-alkyl or cyclic N) is 1. The van der Waals surface area contributed by atoms with E-state index in [1.807, 2.05) is 22.7 Å². The van der Waals surface area contributed by atoms with Gasteiger partial charge in [0.15, 0.2) is 0 Å². The Morgan fingerprint density at radius 3 is 2.78 bits per heavy atom. The van der Waals surface area contributed by atoms with Crippen LogP contribution in [-0.4, -0.2) is 82.0 Å². The number of aliphatic hydroxyl groups is 1. The minimum Gasteiger partial charge on any atom is -0.389 e. The minimum atomic E-state index is -0.677. The van der Waals surface area contributed by atoms with Gasteiger partial charge in [0.05, 0.1) is 49.9 Å². The molecule has 1 aliphatic carbocycles. The summed E-state index contributed by atoms with van der Waals surface area (Å²) in [7, 11) is 1.92. The molecule has 0 radical (unpaired) electrons. The van der Waals surface area contributed by atoms with Crippen LogP contribution in [0.5, 0.6) is 0 Å². The summed E-state index contributed by atoms with van der Waals surface area (Å²) in [6.45, 7) is 1.35. The van der Waals surface area contributed by atoms with Crippen molar-refractivity contribution in [1.29, 1.82) is 0 Å². The zero-order chi connectivity index (χ0) is 22.5. The van der Waals surface area contributed by atoms with Crippen molar-refractivity contribution in [2.24, 2.45) is 13.0 Å². The summed E-state index contributed by atoms with van der Waals surface area (Å²) in [4.78, 5) is 31.8. The zero-order valence-electron chi connectivity index (χ0n) is 18.9. The molecule has 2 N–H and O–H groups in total. The Balaban J connectivity index is 1.30. The van der Waals surface area contributed by atoms with Crippen molar-refractivity contribution in [2.75, 3.05) is 26.3 Å². The first-order chi connectivity index (χ1) is 15.5. The Labute approximate surface area is 189 Å². The fraction of sp³-hybridized carbons (Fsp3) is 0.783. The van der Waals surface area contributed by atoms with Crippen molar-refractivity contribution in [3.05, 3.63) is 18.2 Å². The normalized spacial score (nSPS) is 29.2. The molecule has 3 aliphatic rings. The Morgan fingerprint density at radius 2 is 2.03 bits per heavy atom. The fourth-order valence-electron chi connectivity index (χ4n) is 5.21. The third-order valence-corrected chi connectivity index (χ3v) is 6.84. The molecule has 0 unspecified atom stereocenters. The van der Waals surface area contributed by atoms with Gasteiger partial charge < -0.3 is 29.4 Å². The monoisotopic (exact) mass is 448 g/mol. The summed E-state index contributed by atoms with van der Waals surface area (Å²) < 4.78 is 13.8. The van der Waals surface area contributed by atoms with E-state index in [0.717, 1.165) is 37.8 Å². The minimum absolute atomic E-state index is 0.0366. The van der Waals surface area contributed by atoms with Crippen LogP contribution in [0.2, 0.25) is 0 Å². The second kappa shape index (κ2) is 10.8. The number of aryl methyl sites for hydroxylation is 1. The number of aliphatic hydroxyl groups excluding tert-OH is 1. The number of rotatable bonds is 6. The van der Waals surface area contributed by atoms with Crippen molar-refractivity contribution in [3.8, 4) is 0 Å². The molecule has 2 saturated heterocycles. The molecule has 2 aliphatic heterocycles. The van der Waals surface area contributed by atoms with Crippen LogP contribution in [0.4, 0.5) is 0 Å². The van der Waals surface area contributed by atoms with E-state index in [2.05, 4.69) is 10.3 Å². The molecule has 4 rings (SSSR count). The lowest BCUT2D eigenvalue weighted by Crippen LogP contribution is -2.58. The number of hydrogen-bond donors (Lipinski definition) is 2. The van der Waals surface area contributed by atoms with Crippen LogP contribution in [-0.2, 0) is 32.5 Å². The quantitative estimate of drug-likeness (QED) is 0.667. The SMILES string of the molecule is Cn1cnc(CCNC(=O)C[C@H]2CC[C@H]3[C@@H](COC[C@H](O)CN3C(=O)C3CCCC3)O2)c1. The Kier molecular flexibility index (Phi) is 7.80. The van der Waals surface area contributed by atoms with Gasteiger partial charge in [-0.25, -0.2) is 4.98 Å². The predicted octanol–water partition coefficient (Wildman–Crippen LogP) is 0.795. The Morgan fingerprint density at radius 1 is 1.22 bits per heavy atom. The first-order valence-corrected chi connectivity index (χ1v) is 11.9. The largest absolute Gasteiger partial charge is 0.389 e. The summed E-state index contributed by atoms with van der Waals surface area (Å²) in [5, 5.41) is 13.2. The molecule has 1 aromatic heterocycles. The topological polar surface area (TPSA) is 106 Å². The standard InChI is InChI=1S/C23H36N4O5/c1-26-11-17(25-15-26)8-9-24-22(29)10-19-6-7-20-21(32-19)14-31-13-18(28)12-27(20)23(30)16-4-2-3-5-16/h11,15-16,18-21,28H,2-10,12-14H2,1H3,(H,24,29)/t18-,19-,20+,21-/m1/s1. The van der Waals surface area contributed by atoms with Gasteiger partial charge >= 0.3 is 0 Å². The zero-order valence-corrected chi connectivity index (χ0v) is 18.9. The molecule has 9 nitrogen and oxygen atoms in total. The number of aromatic nitrogens is 2. The Bertz CT molecular complexity index is 778. The lowest BCUT2D eigenvalue weighted by Gasteiger charge is -2.45. The molecule has 3 heterocycles. The van der Waals surface area contributed by atoms with Gasteiger partial charge in [-0.15, -0.1) is 0 Å². The average Bonchev–Trinajstić information content (AvgIpc) is 3.43. The third kappa shape index (κ3) is 5.88. The van der Waals surface area contributed by atoms with Crippen LogP contribution in [0.1, 0.15) is 50.6 Å². The number of imidazole rings is 1. The Hall–Kier alpha value is -1.97. The van der Waals surface area contributed by atoms with E-state index < -0.39 is 6.10 Å². The second-order valence-corrected chi connectivity index (χ2v) is 9.44. The number of amides is 2. The highest BCUT2D eigenvalue weighted by molar-refractivity contribution is 5.79. The smallest absolute Gasteiger partial charge is 0.226 e. The molecule has 1 saturated carbocycles. The highest BCUT2D eigenvalue weighted by atomic mass is 16.5. The van der Waals surface area contributed by atoms with E-state index in [-0.39, 0.29) is 42.6 Å². The highest BCUT2D eigenvalue weighted by Gasteiger charge is 2.41. The van der Waals surface area contributed by atoms with E-state index in [1.54, 1.807) is 6.33 Å². The predicted molar refractivity (Wildman–Crippen MR) is 117 cm³/mol. The number of fused-ring (bicyclic) bond motifs is 1. The molecule has 3 fully saturated rings. The number of ether oxygens (including phenoxy) is 2. The maximum absolute atomic E-state index is 13.2. The molecule has 9 heteroatoms. The lowest BCUT2D eigenvalue weighted by molar-refractivity contribution is -0.171.